The number of rotatable bonds is 2. The monoisotopic (exact) mass is 243 g/mol. The molecule has 0 aliphatic heterocycles. The molecule has 1 heterocycles. The molecule has 0 radical (unpaired) electrons. The molecule has 0 saturated carbocycles. The van der Waals surface area contributed by atoms with Crippen LogP contribution < -0.4 is 11.1 Å². The Morgan fingerprint density at radius 1 is 1.39 bits per heavy atom. The van der Waals surface area contributed by atoms with Gasteiger partial charge in [0.25, 0.3) is 5.91 Å². The Kier molecular flexibility index (Phi) is 3.14. The maximum atomic E-state index is 11.9. The highest BCUT2D eigenvalue weighted by Crippen LogP contribution is 2.18. The van der Waals surface area contributed by atoms with Crippen LogP contribution in [0.15, 0.2) is 36.5 Å². The van der Waals surface area contributed by atoms with E-state index in [1.54, 1.807) is 18.2 Å². The Balaban J connectivity index is 2.22. The summed E-state index contributed by atoms with van der Waals surface area (Å²) in [6, 6.07) is 7.99. The topological polar surface area (TPSA) is 88.2 Å². The van der Waals surface area contributed by atoms with Gasteiger partial charge >= 0.3 is 0 Å². The summed E-state index contributed by atoms with van der Waals surface area (Å²) in [6.07, 6.45) is 1.48. The van der Waals surface area contributed by atoms with E-state index in [2.05, 4.69) is 10.3 Å². The number of anilines is 2. The number of aromatic nitrogens is 1. The molecule has 5 nitrogen and oxygen atoms in total. The minimum Gasteiger partial charge on any atom is -0.507 e. The van der Waals surface area contributed by atoms with Crippen LogP contribution in [0.1, 0.15) is 15.9 Å². The molecule has 2 rings (SSSR count). The first-order valence-electron chi connectivity index (χ1n) is 5.39. The van der Waals surface area contributed by atoms with Crippen molar-refractivity contribution < 1.29 is 9.90 Å². The molecule has 0 fully saturated rings. The van der Waals surface area contributed by atoms with E-state index >= 15 is 0 Å². The fraction of sp³-hybridized carbons (Fsp3) is 0.0769. The van der Waals surface area contributed by atoms with Gasteiger partial charge in [-0.25, -0.2) is 4.98 Å². The SMILES string of the molecule is Cc1cc(NC(=O)c2ccccc2O)ncc1N. The van der Waals surface area contributed by atoms with Crippen LogP contribution in [0.2, 0.25) is 0 Å². The van der Waals surface area contributed by atoms with E-state index in [1.165, 1.54) is 18.3 Å². The van der Waals surface area contributed by atoms with E-state index in [0.717, 1.165) is 5.56 Å². The Morgan fingerprint density at radius 2 is 2.11 bits per heavy atom. The first-order valence-corrected chi connectivity index (χ1v) is 5.39. The second kappa shape index (κ2) is 4.75. The van der Waals surface area contributed by atoms with Gasteiger partial charge in [0, 0.05) is 0 Å². The van der Waals surface area contributed by atoms with Crippen LogP contribution in [0.5, 0.6) is 5.75 Å². The third-order valence-corrected chi connectivity index (χ3v) is 2.54. The highest BCUT2D eigenvalue weighted by atomic mass is 16.3. The molecule has 0 saturated heterocycles. The number of hydrogen-bond donors (Lipinski definition) is 3. The number of para-hydroxylation sites is 1. The lowest BCUT2D eigenvalue weighted by Crippen LogP contribution is -2.13. The van der Waals surface area contributed by atoms with Gasteiger partial charge in [-0.1, -0.05) is 12.1 Å². The van der Waals surface area contributed by atoms with Crippen molar-refractivity contribution in [1.29, 1.82) is 0 Å². The molecule has 0 aliphatic carbocycles. The molecule has 92 valence electrons. The van der Waals surface area contributed by atoms with Crippen LogP contribution in [-0.4, -0.2) is 16.0 Å². The van der Waals surface area contributed by atoms with Crippen LogP contribution in [0.3, 0.4) is 0 Å². The summed E-state index contributed by atoms with van der Waals surface area (Å²) in [6.45, 7) is 1.83. The van der Waals surface area contributed by atoms with Crippen molar-refractivity contribution >= 4 is 17.4 Å². The Hall–Kier alpha value is -2.56. The van der Waals surface area contributed by atoms with Crippen LogP contribution in [0, 0.1) is 6.92 Å². The third-order valence-electron chi connectivity index (χ3n) is 2.54. The molecular weight excluding hydrogens is 230 g/mol. The average molecular weight is 243 g/mol. The summed E-state index contributed by atoms with van der Waals surface area (Å²) in [7, 11) is 0. The highest BCUT2D eigenvalue weighted by Gasteiger charge is 2.11. The number of carbonyl (C=O) groups is 1. The highest BCUT2D eigenvalue weighted by molar-refractivity contribution is 6.05. The second-order valence-electron chi connectivity index (χ2n) is 3.90. The molecule has 0 bridgehead atoms. The van der Waals surface area contributed by atoms with Gasteiger partial charge in [-0.15, -0.1) is 0 Å². The number of phenolic OH excluding ortho intramolecular Hbond substituents is 1. The van der Waals surface area contributed by atoms with E-state index < -0.39 is 5.91 Å². The number of pyridine rings is 1. The zero-order valence-electron chi connectivity index (χ0n) is 9.84. The zero-order chi connectivity index (χ0) is 13.1. The van der Waals surface area contributed by atoms with Gasteiger partial charge in [-0.3, -0.25) is 4.79 Å². The summed E-state index contributed by atoms with van der Waals surface area (Å²) >= 11 is 0. The number of carbonyl (C=O) groups excluding carboxylic acids is 1. The van der Waals surface area contributed by atoms with Crippen LogP contribution >= 0.6 is 0 Å². The lowest BCUT2D eigenvalue weighted by atomic mass is 10.2. The minimum absolute atomic E-state index is 0.0674. The first-order chi connectivity index (χ1) is 8.58. The standard InChI is InChI=1S/C13H13N3O2/c1-8-6-12(15-7-10(8)14)16-13(18)9-4-2-3-5-11(9)17/h2-7,17H,14H2,1H3,(H,15,16,18). The van der Waals surface area contributed by atoms with Crippen molar-refractivity contribution in [2.45, 2.75) is 6.92 Å². The number of nitrogens with two attached hydrogens (primary N) is 1. The largest absolute Gasteiger partial charge is 0.507 e. The van der Waals surface area contributed by atoms with E-state index in [1.807, 2.05) is 6.92 Å². The lowest BCUT2D eigenvalue weighted by Gasteiger charge is -2.07. The molecule has 2 aromatic rings. The van der Waals surface area contributed by atoms with Gasteiger partial charge in [-0.05, 0) is 30.7 Å². The number of nitrogen functional groups attached to an aromatic ring is 1. The molecule has 0 aliphatic rings. The fourth-order valence-corrected chi connectivity index (χ4v) is 1.48. The van der Waals surface area contributed by atoms with Crippen LogP contribution in [0.25, 0.3) is 0 Å². The molecule has 1 aromatic heterocycles. The maximum absolute atomic E-state index is 11.9. The van der Waals surface area contributed by atoms with Gasteiger partial charge in [-0.2, -0.15) is 0 Å². The number of hydrogen-bond acceptors (Lipinski definition) is 4. The number of aryl methyl sites for hydroxylation is 1. The molecule has 18 heavy (non-hydrogen) atoms. The number of amides is 1. The van der Waals surface area contributed by atoms with Crippen molar-refractivity contribution in [3.05, 3.63) is 47.7 Å². The van der Waals surface area contributed by atoms with Gasteiger partial charge < -0.3 is 16.2 Å². The van der Waals surface area contributed by atoms with E-state index in [9.17, 15) is 9.90 Å². The number of benzene rings is 1. The molecule has 0 unspecified atom stereocenters. The first kappa shape index (κ1) is 11.9. The summed E-state index contributed by atoms with van der Waals surface area (Å²) in [5, 5.41) is 12.2. The molecule has 1 aromatic carbocycles. The maximum Gasteiger partial charge on any atom is 0.260 e. The fourth-order valence-electron chi connectivity index (χ4n) is 1.48. The van der Waals surface area contributed by atoms with Crippen molar-refractivity contribution in [1.82, 2.24) is 4.98 Å². The third kappa shape index (κ3) is 2.40. The molecule has 0 spiro atoms. The molecular formula is C13H13N3O2. The quantitative estimate of drug-likeness (QED) is 0.752. The minimum atomic E-state index is -0.412. The van der Waals surface area contributed by atoms with Gasteiger partial charge in [0.2, 0.25) is 0 Å². The predicted molar refractivity (Wildman–Crippen MR) is 69.4 cm³/mol. The summed E-state index contributed by atoms with van der Waals surface area (Å²) in [5.41, 5.74) is 7.24. The number of aromatic hydroxyl groups is 1. The zero-order valence-corrected chi connectivity index (χ0v) is 9.84. The number of phenols is 1. The molecule has 5 heteroatoms. The van der Waals surface area contributed by atoms with Gasteiger partial charge in [0.05, 0.1) is 17.4 Å². The van der Waals surface area contributed by atoms with E-state index in [0.29, 0.717) is 11.5 Å². The Morgan fingerprint density at radius 3 is 2.78 bits per heavy atom. The summed E-state index contributed by atoms with van der Waals surface area (Å²) in [5.74, 6) is -0.0816. The van der Waals surface area contributed by atoms with Crippen molar-refractivity contribution in [2.24, 2.45) is 0 Å². The average Bonchev–Trinajstić information content (AvgIpc) is 2.34. The van der Waals surface area contributed by atoms with E-state index in [-0.39, 0.29) is 11.3 Å². The normalized spacial score (nSPS) is 10.1. The molecule has 4 N–H and O–H groups in total. The Labute approximate surface area is 104 Å². The Bertz CT molecular complexity index is 597. The molecule has 1 amide bonds. The van der Waals surface area contributed by atoms with Crippen LogP contribution in [0.4, 0.5) is 11.5 Å². The predicted octanol–water partition coefficient (Wildman–Crippen LogP) is 1.93. The van der Waals surface area contributed by atoms with Crippen LogP contribution in [-0.2, 0) is 0 Å². The van der Waals surface area contributed by atoms with E-state index in [4.69, 9.17) is 5.73 Å². The summed E-state index contributed by atoms with van der Waals surface area (Å²) in [4.78, 5) is 15.9. The second-order valence-corrected chi connectivity index (χ2v) is 3.90. The van der Waals surface area contributed by atoms with Crippen molar-refractivity contribution in [3.63, 3.8) is 0 Å². The smallest absolute Gasteiger partial charge is 0.260 e. The molecule has 0 atom stereocenters. The summed E-state index contributed by atoms with van der Waals surface area (Å²) < 4.78 is 0. The number of nitrogens with zero attached hydrogens (tertiary/aromatic N) is 1. The lowest BCUT2D eigenvalue weighted by molar-refractivity contribution is 0.102. The van der Waals surface area contributed by atoms with Crippen molar-refractivity contribution in [3.8, 4) is 5.75 Å². The van der Waals surface area contributed by atoms with Crippen molar-refractivity contribution in [2.75, 3.05) is 11.1 Å². The number of nitrogens with one attached hydrogen (secondary N) is 1. The van der Waals surface area contributed by atoms with Gasteiger partial charge in [0.1, 0.15) is 11.6 Å². The van der Waals surface area contributed by atoms with Gasteiger partial charge in [0.15, 0.2) is 0 Å².